The highest BCUT2D eigenvalue weighted by molar-refractivity contribution is 7.89. The smallest absolute Gasteiger partial charge is 0.243 e. The number of aryl methyl sites for hydroxylation is 2. The van der Waals surface area contributed by atoms with Gasteiger partial charge in [0.25, 0.3) is 0 Å². The van der Waals surface area contributed by atoms with Gasteiger partial charge in [0.1, 0.15) is 5.75 Å². The molecule has 0 spiro atoms. The maximum absolute atomic E-state index is 12.9. The summed E-state index contributed by atoms with van der Waals surface area (Å²) in [6, 6.07) is 7.19. The molecule has 0 heterocycles. The van der Waals surface area contributed by atoms with Gasteiger partial charge in [-0.25, -0.2) is 8.42 Å². The lowest BCUT2D eigenvalue weighted by Crippen LogP contribution is -2.33. The van der Waals surface area contributed by atoms with Gasteiger partial charge in [-0.2, -0.15) is 14.8 Å². The molecule has 0 atom stereocenters. The molecule has 0 aliphatic heterocycles. The Morgan fingerprint density at radius 2 is 1.55 bits per heavy atom. The summed E-state index contributed by atoms with van der Waals surface area (Å²) in [7, 11) is -2.23. The van der Waals surface area contributed by atoms with Crippen molar-refractivity contribution in [1.29, 1.82) is 10.5 Å². The van der Waals surface area contributed by atoms with Gasteiger partial charge in [-0.3, -0.25) is 0 Å². The van der Waals surface area contributed by atoms with Crippen molar-refractivity contribution < 1.29 is 13.2 Å². The lowest BCUT2D eigenvalue weighted by Gasteiger charge is -2.22. The lowest BCUT2D eigenvalue weighted by atomic mass is 10.1. The molecule has 6 nitrogen and oxygen atoms in total. The summed E-state index contributed by atoms with van der Waals surface area (Å²) in [5.74, 6) is 0.592. The number of benzene rings is 1. The molecule has 0 aliphatic carbocycles. The molecule has 0 fully saturated rings. The van der Waals surface area contributed by atoms with Crippen molar-refractivity contribution in [3.8, 4) is 17.9 Å². The van der Waals surface area contributed by atoms with Crippen molar-refractivity contribution in [2.75, 3.05) is 20.2 Å². The summed E-state index contributed by atoms with van der Waals surface area (Å²) in [5, 5.41) is 17.4. The van der Waals surface area contributed by atoms with E-state index in [0.717, 1.165) is 0 Å². The van der Waals surface area contributed by atoms with Crippen LogP contribution in [0.15, 0.2) is 17.0 Å². The summed E-state index contributed by atoms with van der Waals surface area (Å²) >= 11 is 0. The van der Waals surface area contributed by atoms with E-state index in [0.29, 0.717) is 16.9 Å². The highest BCUT2D eigenvalue weighted by atomic mass is 32.2. The van der Waals surface area contributed by atoms with Gasteiger partial charge in [0.15, 0.2) is 0 Å². The molecule has 1 rings (SSSR count). The zero-order valence-corrected chi connectivity index (χ0v) is 13.8. The number of hydrogen-bond donors (Lipinski definition) is 0. The molecular formula is C15H19N3O3S. The van der Waals surface area contributed by atoms with E-state index in [1.165, 1.54) is 11.4 Å². The predicted molar refractivity (Wildman–Crippen MR) is 81.7 cm³/mol. The molecule has 22 heavy (non-hydrogen) atoms. The van der Waals surface area contributed by atoms with Crippen molar-refractivity contribution in [2.45, 2.75) is 31.6 Å². The van der Waals surface area contributed by atoms with Gasteiger partial charge in [0, 0.05) is 25.9 Å². The van der Waals surface area contributed by atoms with Crippen LogP contribution in [0.4, 0.5) is 0 Å². The first kappa shape index (κ1) is 18.0. The maximum Gasteiger partial charge on any atom is 0.243 e. The first-order valence-electron chi connectivity index (χ1n) is 6.77. The molecule has 0 unspecified atom stereocenters. The molecule has 0 saturated carbocycles. The van der Waals surface area contributed by atoms with Gasteiger partial charge >= 0.3 is 0 Å². The van der Waals surface area contributed by atoms with Crippen molar-refractivity contribution in [3.63, 3.8) is 0 Å². The number of sulfonamides is 1. The van der Waals surface area contributed by atoms with Crippen molar-refractivity contribution in [3.05, 3.63) is 23.3 Å². The summed E-state index contributed by atoms with van der Waals surface area (Å²) in [4.78, 5) is 0.212. The first-order valence-corrected chi connectivity index (χ1v) is 8.21. The van der Waals surface area contributed by atoms with Crippen LogP contribution in [0.25, 0.3) is 0 Å². The van der Waals surface area contributed by atoms with Gasteiger partial charge in [-0.15, -0.1) is 0 Å². The highest BCUT2D eigenvalue weighted by Crippen LogP contribution is 2.28. The Labute approximate surface area is 131 Å². The number of ether oxygens (including phenoxy) is 1. The average Bonchev–Trinajstić information content (AvgIpc) is 2.45. The molecule has 0 saturated heterocycles. The van der Waals surface area contributed by atoms with Crippen LogP contribution in [-0.2, 0) is 10.0 Å². The zero-order valence-electron chi connectivity index (χ0n) is 13.0. The summed E-state index contributed by atoms with van der Waals surface area (Å²) < 4.78 is 32.0. The topological polar surface area (TPSA) is 94.2 Å². The Morgan fingerprint density at radius 1 is 1.09 bits per heavy atom. The van der Waals surface area contributed by atoms with Crippen LogP contribution in [0.2, 0.25) is 0 Å². The molecule has 0 aromatic heterocycles. The van der Waals surface area contributed by atoms with Gasteiger partial charge in [0.2, 0.25) is 10.0 Å². The molecule has 0 bridgehead atoms. The minimum absolute atomic E-state index is 0.0748. The van der Waals surface area contributed by atoms with E-state index >= 15 is 0 Å². The minimum atomic E-state index is -3.76. The second-order valence-electron chi connectivity index (χ2n) is 4.81. The third-order valence-electron chi connectivity index (χ3n) is 3.21. The van der Waals surface area contributed by atoms with Gasteiger partial charge in [-0.05, 0) is 37.1 Å². The summed E-state index contributed by atoms with van der Waals surface area (Å²) in [6.45, 7) is 3.56. The second kappa shape index (κ2) is 7.79. The lowest BCUT2D eigenvalue weighted by molar-refractivity contribution is 0.412. The van der Waals surface area contributed by atoms with Gasteiger partial charge in [0.05, 0.1) is 24.1 Å². The third-order valence-corrected chi connectivity index (χ3v) is 5.42. The molecular weight excluding hydrogens is 302 g/mol. The third kappa shape index (κ3) is 3.97. The quantitative estimate of drug-likeness (QED) is 0.766. The van der Waals surface area contributed by atoms with Crippen LogP contribution in [0.5, 0.6) is 5.75 Å². The Bertz CT molecular complexity index is 674. The standard InChI is InChI=1S/C15H19N3O3S/c1-12-10-14(21-3)11-13(2)15(12)22(19,20)18(8-4-6-16)9-5-7-17/h10-11H,4-5,8-9H2,1-3H3. The van der Waals surface area contributed by atoms with Crippen LogP contribution >= 0.6 is 0 Å². The Morgan fingerprint density at radius 3 is 1.91 bits per heavy atom. The molecule has 0 amide bonds. The summed E-state index contributed by atoms with van der Waals surface area (Å²) in [5.41, 5.74) is 1.16. The van der Waals surface area contributed by atoms with Crippen LogP contribution in [0, 0.1) is 36.5 Å². The maximum atomic E-state index is 12.9. The largest absolute Gasteiger partial charge is 0.497 e. The van der Waals surface area contributed by atoms with Gasteiger partial charge in [-0.1, -0.05) is 0 Å². The van der Waals surface area contributed by atoms with E-state index < -0.39 is 10.0 Å². The van der Waals surface area contributed by atoms with Crippen LogP contribution in [-0.4, -0.2) is 32.9 Å². The average molecular weight is 321 g/mol. The van der Waals surface area contributed by atoms with E-state index in [1.54, 1.807) is 26.0 Å². The SMILES string of the molecule is COc1cc(C)c(S(=O)(=O)N(CCC#N)CCC#N)c(C)c1. The fourth-order valence-electron chi connectivity index (χ4n) is 2.27. The Balaban J connectivity index is 3.31. The molecule has 0 radical (unpaired) electrons. The Kier molecular flexibility index (Phi) is 6.36. The van der Waals surface area contributed by atoms with Crippen LogP contribution < -0.4 is 4.74 Å². The predicted octanol–water partition coefficient (Wildman–Crippen LogP) is 2.13. The van der Waals surface area contributed by atoms with E-state index in [-0.39, 0.29) is 30.8 Å². The molecule has 0 aliphatic rings. The van der Waals surface area contributed by atoms with E-state index in [1.807, 2.05) is 12.1 Å². The van der Waals surface area contributed by atoms with Crippen LogP contribution in [0.1, 0.15) is 24.0 Å². The fourth-order valence-corrected chi connectivity index (χ4v) is 4.12. The van der Waals surface area contributed by atoms with E-state index in [4.69, 9.17) is 15.3 Å². The fraction of sp³-hybridized carbons (Fsp3) is 0.467. The van der Waals surface area contributed by atoms with E-state index in [2.05, 4.69) is 0 Å². The normalized spacial score (nSPS) is 11.0. The van der Waals surface area contributed by atoms with Crippen LogP contribution in [0.3, 0.4) is 0 Å². The summed E-state index contributed by atoms with van der Waals surface area (Å²) in [6.07, 6.45) is 0.165. The number of nitriles is 2. The molecule has 0 N–H and O–H groups in total. The van der Waals surface area contributed by atoms with Crippen molar-refractivity contribution in [2.24, 2.45) is 0 Å². The minimum Gasteiger partial charge on any atom is -0.497 e. The van der Waals surface area contributed by atoms with E-state index in [9.17, 15) is 8.42 Å². The first-order chi connectivity index (χ1) is 10.4. The number of rotatable bonds is 7. The molecule has 1 aromatic carbocycles. The monoisotopic (exact) mass is 321 g/mol. The number of methoxy groups -OCH3 is 1. The number of nitrogens with zero attached hydrogens (tertiary/aromatic N) is 3. The zero-order chi connectivity index (χ0) is 16.8. The highest BCUT2D eigenvalue weighted by Gasteiger charge is 2.27. The van der Waals surface area contributed by atoms with Crippen molar-refractivity contribution in [1.82, 2.24) is 4.31 Å². The van der Waals surface area contributed by atoms with Crippen molar-refractivity contribution >= 4 is 10.0 Å². The number of hydrogen-bond acceptors (Lipinski definition) is 5. The Hall–Kier alpha value is -2.09. The van der Waals surface area contributed by atoms with Gasteiger partial charge < -0.3 is 4.74 Å². The molecule has 7 heteroatoms. The second-order valence-corrected chi connectivity index (χ2v) is 6.69. The molecule has 118 valence electrons. The molecule has 1 aromatic rings.